The van der Waals surface area contributed by atoms with E-state index in [9.17, 15) is 4.79 Å². The Morgan fingerprint density at radius 2 is 2.12 bits per heavy atom. The summed E-state index contributed by atoms with van der Waals surface area (Å²) in [5.74, 6) is 0.842. The van der Waals surface area contributed by atoms with Crippen molar-refractivity contribution in [2.45, 2.75) is 71.5 Å². The molecule has 0 unspecified atom stereocenters. The number of rotatable bonds is 2. The molecule has 1 heterocycles. The van der Waals surface area contributed by atoms with Gasteiger partial charge in [-0.1, -0.05) is 37.6 Å². The molecule has 0 radical (unpaired) electrons. The lowest BCUT2D eigenvalue weighted by molar-refractivity contribution is -0.139. The molecule has 2 aliphatic rings. The minimum absolute atomic E-state index is 0.0893. The molecule has 0 N–H and O–H groups in total. The SMILES string of the molecule is CO[C@@]1(C)/C=C/[C@@H](C(C)C)CCC2=C[C@@H](C/C(C)=C/CC1)OC2=O. The number of fused-ring (bicyclic) bond motifs is 1. The third-order valence-corrected chi connectivity index (χ3v) is 5.33. The highest BCUT2D eigenvalue weighted by Gasteiger charge is 2.27. The average molecular weight is 332 g/mol. The summed E-state index contributed by atoms with van der Waals surface area (Å²) in [5.41, 5.74) is 1.88. The number of esters is 1. The van der Waals surface area contributed by atoms with Gasteiger partial charge in [0, 0.05) is 19.1 Å². The normalized spacial score (nSPS) is 35.7. The predicted octanol–water partition coefficient (Wildman–Crippen LogP) is 4.98. The second-order valence-electron chi connectivity index (χ2n) is 7.75. The second-order valence-corrected chi connectivity index (χ2v) is 7.75. The maximum Gasteiger partial charge on any atom is 0.334 e. The van der Waals surface area contributed by atoms with E-state index in [4.69, 9.17) is 9.47 Å². The molecule has 0 fully saturated rings. The second kappa shape index (κ2) is 8.15. The van der Waals surface area contributed by atoms with Gasteiger partial charge in [0.25, 0.3) is 0 Å². The van der Waals surface area contributed by atoms with Gasteiger partial charge in [-0.15, -0.1) is 0 Å². The number of ether oxygens (including phenoxy) is 2. The molecule has 0 aromatic heterocycles. The van der Waals surface area contributed by atoms with E-state index in [-0.39, 0.29) is 17.7 Å². The third kappa shape index (κ3) is 5.07. The molecule has 0 aromatic carbocycles. The van der Waals surface area contributed by atoms with E-state index in [0.717, 1.165) is 37.7 Å². The van der Waals surface area contributed by atoms with Gasteiger partial charge < -0.3 is 9.47 Å². The van der Waals surface area contributed by atoms with Gasteiger partial charge in [-0.2, -0.15) is 0 Å². The van der Waals surface area contributed by atoms with Crippen LogP contribution in [0.2, 0.25) is 0 Å². The van der Waals surface area contributed by atoms with Crippen molar-refractivity contribution in [3.05, 3.63) is 35.5 Å². The number of carbonyl (C=O) groups is 1. The van der Waals surface area contributed by atoms with Crippen LogP contribution in [0.3, 0.4) is 0 Å². The van der Waals surface area contributed by atoms with E-state index in [1.165, 1.54) is 5.57 Å². The highest BCUT2D eigenvalue weighted by molar-refractivity contribution is 5.90. The molecule has 0 spiro atoms. The van der Waals surface area contributed by atoms with Crippen molar-refractivity contribution in [2.75, 3.05) is 7.11 Å². The summed E-state index contributed by atoms with van der Waals surface area (Å²) in [5, 5.41) is 0. The average Bonchev–Trinajstić information content (AvgIpc) is 2.85. The van der Waals surface area contributed by atoms with Crippen LogP contribution in [-0.2, 0) is 14.3 Å². The van der Waals surface area contributed by atoms with Crippen LogP contribution in [-0.4, -0.2) is 24.8 Å². The van der Waals surface area contributed by atoms with Gasteiger partial charge in [0.2, 0.25) is 0 Å². The van der Waals surface area contributed by atoms with Crippen LogP contribution in [0.25, 0.3) is 0 Å². The molecular weight excluding hydrogens is 300 g/mol. The van der Waals surface area contributed by atoms with E-state index in [0.29, 0.717) is 11.8 Å². The van der Waals surface area contributed by atoms with Crippen molar-refractivity contribution in [2.24, 2.45) is 11.8 Å². The molecule has 2 rings (SSSR count). The zero-order valence-electron chi connectivity index (χ0n) is 15.8. The van der Waals surface area contributed by atoms with Gasteiger partial charge in [-0.3, -0.25) is 0 Å². The lowest BCUT2D eigenvalue weighted by Gasteiger charge is -2.26. The molecule has 3 nitrogen and oxygen atoms in total. The van der Waals surface area contributed by atoms with Crippen LogP contribution < -0.4 is 0 Å². The first-order valence-corrected chi connectivity index (χ1v) is 9.15. The predicted molar refractivity (Wildman–Crippen MR) is 97.7 cm³/mol. The molecule has 0 saturated carbocycles. The van der Waals surface area contributed by atoms with Gasteiger partial charge in [-0.05, 0) is 57.4 Å². The summed E-state index contributed by atoms with van der Waals surface area (Å²) in [6, 6.07) is 0. The van der Waals surface area contributed by atoms with Crippen molar-refractivity contribution in [1.29, 1.82) is 0 Å². The maximum absolute atomic E-state index is 12.1. The van der Waals surface area contributed by atoms with Crippen molar-refractivity contribution in [3.63, 3.8) is 0 Å². The molecule has 3 heteroatoms. The highest BCUT2D eigenvalue weighted by Crippen LogP contribution is 2.29. The van der Waals surface area contributed by atoms with Gasteiger partial charge in [0.15, 0.2) is 0 Å². The minimum Gasteiger partial charge on any atom is -0.454 e. The van der Waals surface area contributed by atoms with E-state index in [2.05, 4.69) is 45.9 Å². The molecule has 0 saturated heterocycles. The molecule has 2 bridgehead atoms. The molecule has 1 aliphatic carbocycles. The number of allylic oxidation sites excluding steroid dienone is 2. The third-order valence-electron chi connectivity index (χ3n) is 5.33. The summed E-state index contributed by atoms with van der Waals surface area (Å²) in [6.07, 6.45) is 13.2. The van der Waals surface area contributed by atoms with Crippen LogP contribution >= 0.6 is 0 Å². The van der Waals surface area contributed by atoms with Crippen LogP contribution in [0, 0.1) is 11.8 Å². The molecule has 3 atom stereocenters. The van der Waals surface area contributed by atoms with E-state index >= 15 is 0 Å². The smallest absolute Gasteiger partial charge is 0.334 e. The first kappa shape index (κ1) is 19.0. The van der Waals surface area contributed by atoms with Crippen LogP contribution in [0.5, 0.6) is 0 Å². The monoisotopic (exact) mass is 332 g/mol. The fourth-order valence-corrected chi connectivity index (χ4v) is 3.39. The van der Waals surface area contributed by atoms with Crippen LogP contribution in [0.1, 0.15) is 59.8 Å². The Kier molecular flexibility index (Phi) is 6.45. The summed E-state index contributed by atoms with van der Waals surface area (Å²) in [6.45, 7) is 8.73. The Balaban J connectivity index is 2.24. The molecule has 1 aliphatic heterocycles. The summed E-state index contributed by atoms with van der Waals surface area (Å²) in [4.78, 5) is 12.1. The fraction of sp³-hybridized carbons (Fsp3) is 0.667. The van der Waals surface area contributed by atoms with Crippen molar-refractivity contribution in [3.8, 4) is 0 Å². The molecule has 0 amide bonds. The summed E-state index contributed by atoms with van der Waals surface area (Å²) in [7, 11) is 1.78. The Morgan fingerprint density at radius 1 is 1.38 bits per heavy atom. The first-order valence-electron chi connectivity index (χ1n) is 9.15. The molecular formula is C21H32O3. The van der Waals surface area contributed by atoms with Crippen LogP contribution in [0.15, 0.2) is 35.5 Å². The van der Waals surface area contributed by atoms with Crippen LogP contribution in [0.4, 0.5) is 0 Å². The van der Waals surface area contributed by atoms with Gasteiger partial charge in [-0.25, -0.2) is 4.79 Å². The summed E-state index contributed by atoms with van der Waals surface area (Å²) < 4.78 is 11.3. The molecule has 24 heavy (non-hydrogen) atoms. The lowest BCUT2D eigenvalue weighted by Crippen LogP contribution is -2.24. The highest BCUT2D eigenvalue weighted by atomic mass is 16.5. The lowest BCUT2D eigenvalue weighted by atomic mass is 9.86. The van der Waals surface area contributed by atoms with Gasteiger partial charge in [0.1, 0.15) is 6.10 Å². The Bertz CT molecular complexity index is 541. The standard InChI is InChI=1S/C21H32O3/c1-15(2)17-8-9-18-14-19(24-20(18)22)13-16(3)7-6-11-21(4,23-5)12-10-17/h7,10,12,14-15,17,19H,6,8-9,11,13H2,1-5H3/b12-10+,16-7+/t17-,19+,21+/m0/s1. The van der Waals surface area contributed by atoms with E-state index in [1.807, 2.05) is 6.08 Å². The Labute approximate surface area is 146 Å². The number of hydrogen-bond acceptors (Lipinski definition) is 3. The van der Waals surface area contributed by atoms with Gasteiger partial charge >= 0.3 is 5.97 Å². The Morgan fingerprint density at radius 3 is 2.79 bits per heavy atom. The minimum atomic E-state index is -0.237. The van der Waals surface area contributed by atoms with E-state index < -0.39 is 0 Å². The zero-order chi connectivity index (χ0) is 17.7. The topological polar surface area (TPSA) is 35.5 Å². The van der Waals surface area contributed by atoms with Gasteiger partial charge in [0.05, 0.1) is 5.60 Å². The first-order chi connectivity index (χ1) is 11.3. The van der Waals surface area contributed by atoms with E-state index in [1.54, 1.807) is 7.11 Å². The fourth-order valence-electron chi connectivity index (χ4n) is 3.39. The van der Waals surface area contributed by atoms with Crippen molar-refractivity contribution < 1.29 is 14.3 Å². The Hall–Kier alpha value is -1.35. The molecule has 134 valence electrons. The largest absolute Gasteiger partial charge is 0.454 e. The molecule has 0 aromatic rings. The van der Waals surface area contributed by atoms with Crippen molar-refractivity contribution in [1.82, 2.24) is 0 Å². The summed E-state index contributed by atoms with van der Waals surface area (Å²) >= 11 is 0. The number of carbonyl (C=O) groups excluding carboxylic acids is 1. The zero-order valence-corrected chi connectivity index (χ0v) is 15.8. The maximum atomic E-state index is 12.1. The van der Waals surface area contributed by atoms with Crippen molar-refractivity contribution >= 4 is 5.97 Å². The number of methoxy groups -OCH3 is 1. The number of hydrogen-bond donors (Lipinski definition) is 0. The quantitative estimate of drug-likeness (QED) is 0.528.